The van der Waals surface area contributed by atoms with Gasteiger partial charge in [0.15, 0.2) is 5.78 Å². The summed E-state index contributed by atoms with van der Waals surface area (Å²) in [5.74, 6) is 2.06. The minimum atomic E-state index is -0.0665. The standard InChI is InChI=1S/C24H27NO5/c1-28-20-8-5-18(6-9-20)24(27)19-12-14-25(15-13-19)23(26)11-7-17-4-10-21(29-2)16-22(17)30-3/h4-11,16,19H,12-15H2,1-3H3/b11-7+. The molecular formula is C24H27NO5. The van der Waals surface area contributed by atoms with Crippen LogP contribution in [0.15, 0.2) is 48.5 Å². The van der Waals surface area contributed by atoms with Gasteiger partial charge in [-0.3, -0.25) is 9.59 Å². The number of amides is 1. The van der Waals surface area contributed by atoms with Crippen LogP contribution in [0.2, 0.25) is 0 Å². The van der Waals surface area contributed by atoms with E-state index in [0.29, 0.717) is 43.0 Å². The SMILES string of the molecule is COc1ccc(C(=O)C2CCN(C(=O)/C=C/c3ccc(OC)cc3OC)CC2)cc1. The van der Waals surface area contributed by atoms with Crippen molar-refractivity contribution in [3.8, 4) is 17.2 Å². The number of Topliss-reactive ketones (excluding diaryl/α,β-unsaturated/α-hetero) is 1. The quantitative estimate of drug-likeness (QED) is 0.513. The Kier molecular flexibility index (Phi) is 7.12. The van der Waals surface area contributed by atoms with Crippen molar-refractivity contribution >= 4 is 17.8 Å². The van der Waals surface area contributed by atoms with Crippen LogP contribution in [0.1, 0.15) is 28.8 Å². The van der Waals surface area contributed by atoms with Gasteiger partial charge in [0.1, 0.15) is 17.2 Å². The minimum absolute atomic E-state index is 0.0619. The number of hydrogen-bond donors (Lipinski definition) is 0. The molecule has 0 atom stereocenters. The smallest absolute Gasteiger partial charge is 0.246 e. The predicted molar refractivity (Wildman–Crippen MR) is 115 cm³/mol. The number of benzene rings is 2. The van der Waals surface area contributed by atoms with Gasteiger partial charge < -0.3 is 19.1 Å². The number of ether oxygens (including phenoxy) is 3. The number of piperidine rings is 1. The fourth-order valence-electron chi connectivity index (χ4n) is 3.58. The molecular weight excluding hydrogens is 382 g/mol. The van der Waals surface area contributed by atoms with E-state index in [9.17, 15) is 9.59 Å². The fourth-order valence-corrected chi connectivity index (χ4v) is 3.58. The Morgan fingerprint density at radius 2 is 1.53 bits per heavy atom. The molecule has 6 nitrogen and oxygen atoms in total. The van der Waals surface area contributed by atoms with Crippen LogP contribution in [-0.2, 0) is 4.79 Å². The normalized spacial score (nSPS) is 14.6. The van der Waals surface area contributed by atoms with Crippen LogP contribution in [0.4, 0.5) is 0 Å². The second-order valence-corrected chi connectivity index (χ2v) is 7.13. The molecule has 0 N–H and O–H groups in total. The number of methoxy groups -OCH3 is 3. The van der Waals surface area contributed by atoms with E-state index in [1.54, 1.807) is 68.7 Å². The largest absolute Gasteiger partial charge is 0.497 e. The van der Waals surface area contributed by atoms with Crippen LogP contribution in [0.3, 0.4) is 0 Å². The Bertz CT molecular complexity index is 912. The van der Waals surface area contributed by atoms with Crippen molar-refractivity contribution in [1.29, 1.82) is 0 Å². The van der Waals surface area contributed by atoms with Crippen LogP contribution in [0, 0.1) is 5.92 Å². The van der Waals surface area contributed by atoms with Gasteiger partial charge in [-0.25, -0.2) is 0 Å². The first kappa shape index (κ1) is 21.4. The van der Waals surface area contributed by atoms with Crippen LogP contribution in [0.5, 0.6) is 17.2 Å². The van der Waals surface area contributed by atoms with Gasteiger partial charge in [0, 0.05) is 42.3 Å². The first-order valence-corrected chi connectivity index (χ1v) is 9.93. The Labute approximate surface area is 177 Å². The van der Waals surface area contributed by atoms with Gasteiger partial charge in [-0.15, -0.1) is 0 Å². The molecule has 3 rings (SSSR count). The summed E-state index contributed by atoms with van der Waals surface area (Å²) in [6, 6.07) is 12.6. The lowest BCUT2D eigenvalue weighted by molar-refractivity contribution is -0.127. The predicted octanol–water partition coefficient (Wildman–Crippen LogP) is 3.85. The van der Waals surface area contributed by atoms with Crippen molar-refractivity contribution in [2.24, 2.45) is 5.92 Å². The van der Waals surface area contributed by atoms with Gasteiger partial charge in [-0.1, -0.05) is 0 Å². The van der Waals surface area contributed by atoms with Crippen molar-refractivity contribution in [1.82, 2.24) is 4.90 Å². The highest BCUT2D eigenvalue weighted by Crippen LogP contribution is 2.26. The molecule has 1 saturated heterocycles. The average Bonchev–Trinajstić information content (AvgIpc) is 2.82. The molecule has 0 bridgehead atoms. The summed E-state index contributed by atoms with van der Waals surface area (Å²) in [4.78, 5) is 27.1. The maximum absolute atomic E-state index is 12.7. The van der Waals surface area contributed by atoms with E-state index in [2.05, 4.69) is 0 Å². The summed E-state index contributed by atoms with van der Waals surface area (Å²) in [6.45, 7) is 1.13. The third-order valence-corrected chi connectivity index (χ3v) is 5.40. The summed E-state index contributed by atoms with van der Waals surface area (Å²) < 4.78 is 15.7. The third kappa shape index (κ3) is 5.00. The Hall–Kier alpha value is -3.28. The van der Waals surface area contributed by atoms with Gasteiger partial charge in [0.2, 0.25) is 5.91 Å². The zero-order valence-corrected chi connectivity index (χ0v) is 17.6. The molecule has 0 aromatic heterocycles. The highest BCUT2D eigenvalue weighted by molar-refractivity contribution is 5.98. The summed E-state index contributed by atoms with van der Waals surface area (Å²) in [7, 11) is 4.78. The topological polar surface area (TPSA) is 65.1 Å². The van der Waals surface area contributed by atoms with E-state index in [0.717, 1.165) is 11.3 Å². The lowest BCUT2D eigenvalue weighted by atomic mass is 9.89. The van der Waals surface area contributed by atoms with E-state index in [4.69, 9.17) is 14.2 Å². The highest BCUT2D eigenvalue weighted by atomic mass is 16.5. The number of ketones is 1. The number of carbonyl (C=O) groups excluding carboxylic acids is 2. The van der Waals surface area contributed by atoms with E-state index in [1.807, 2.05) is 12.1 Å². The lowest BCUT2D eigenvalue weighted by Gasteiger charge is -2.30. The molecule has 0 unspecified atom stereocenters. The first-order chi connectivity index (χ1) is 14.5. The molecule has 1 fully saturated rings. The van der Waals surface area contributed by atoms with Crippen molar-refractivity contribution in [2.75, 3.05) is 34.4 Å². The molecule has 0 saturated carbocycles. The molecule has 0 aliphatic carbocycles. The van der Waals surface area contributed by atoms with E-state index < -0.39 is 0 Å². The maximum Gasteiger partial charge on any atom is 0.246 e. The van der Waals surface area contributed by atoms with E-state index in [1.165, 1.54) is 0 Å². The van der Waals surface area contributed by atoms with Crippen LogP contribution >= 0.6 is 0 Å². The summed E-state index contributed by atoms with van der Waals surface area (Å²) in [6.07, 6.45) is 4.62. The molecule has 2 aromatic rings. The van der Waals surface area contributed by atoms with Crippen molar-refractivity contribution in [3.63, 3.8) is 0 Å². The monoisotopic (exact) mass is 409 g/mol. The van der Waals surface area contributed by atoms with Gasteiger partial charge in [-0.05, 0) is 55.3 Å². The molecule has 2 aromatic carbocycles. The zero-order valence-electron chi connectivity index (χ0n) is 17.6. The molecule has 1 aliphatic rings. The molecule has 158 valence electrons. The summed E-state index contributed by atoms with van der Waals surface area (Å²) in [5, 5.41) is 0. The summed E-state index contributed by atoms with van der Waals surface area (Å²) >= 11 is 0. The zero-order chi connectivity index (χ0) is 21.5. The molecule has 0 spiro atoms. The number of nitrogens with zero attached hydrogens (tertiary/aromatic N) is 1. The van der Waals surface area contributed by atoms with Gasteiger partial charge >= 0.3 is 0 Å². The van der Waals surface area contributed by atoms with Crippen LogP contribution < -0.4 is 14.2 Å². The first-order valence-electron chi connectivity index (χ1n) is 9.93. The van der Waals surface area contributed by atoms with Crippen molar-refractivity contribution in [3.05, 3.63) is 59.7 Å². The summed E-state index contributed by atoms with van der Waals surface area (Å²) in [5.41, 5.74) is 1.49. The van der Waals surface area contributed by atoms with E-state index in [-0.39, 0.29) is 17.6 Å². The fraction of sp³-hybridized carbons (Fsp3) is 0.333. The van der Waals surface area contributed by atoms with Crippen molar-refractivity contribution in [2.45, 2.75) is 12.8 Å². The van der Waals surface area contributed by atoms with E-state index >= 15 is 0 Å². The highest BCUT2D eigenvalue weighted by Gasteiger charge is 2.27. The lowest BCUT2D eigenvalue weighted by Crippen LogP contribution is -2.39. The average molecular weight is 409 g/mol. The number of likely N-dealkylation sites (tertiary alicyclic amines) is 1. The van der Waals surface area contributed by atoms with Gasteiger partial charge in [0.25, 0.3) is 0 Å². The molecule has 0 radical (unpaired) electrons. The Morgan fingerprint density at radius 1 is 0.900 bits per heavy atom. The second-order valence-electron chi connectivity index (χ2n) is 7.13. The molecule has 1 aliphatic heterocycles. The molecule has 1 amide bonds. The Balaban J connectivity index is 1.57. The van der Waals surface area contributed by atoms with Crippen molar-refractivity contribution < 1.29 is 23.8 Å². The second kappa shape index (κ2) is 9.96. The number of carbonyl (C=O) groups is 2. The molecule has 30 heavy (non-hydrogen) atoms. The van der Waals surface area contributed by atoms with Gasteiger partial charge in [-0.2, -0.15) is 0 Å². The molecule has 6 heteroatoms. The third-order valence-electron chi connectivity index (χ3n) is 5.40. The Morgan fingerprint density at radius 3 is 2.13 bits per heavy atom. The maximum atomic E-state index is 12.7. The minimum Gasteiger partial charge on any atom is -0.497 e. The number of rotatable bonds is 7. The van der Waals surface area contributed by atoms with Crippen LogP contribution in [0.25, 0.3) is 6.08 Å². The van der Waals surface area contributed by atoms with Crippen LogP contribution in [-0.4, -0.2) is 51.0 Å². The molecule has 1 heterocycles. The van der Waals surface area contributed by atoms with Gasteiger partial charge in [0.05, 0.1) is 21.3 Å². The number of hydrogen-bond acceptors (Lipinski definition) is 5.